The van der Waals surface area contributed by atoms with Crippen LogP contribution in [-0.2, 0) is 0 Å². The maximum absolute atomic E-state index is 12.2. The van der Waals surface area contributed by atoms with Gasteiger partial charge in [-0.15, -0.1) is 0 Å². The van der Waals surface area contributed by atoms with Gasteiger partial charge in [-0.05, 0) is 50.5 Å². The highest BCUT2D eigenvalue weighted by molar-refractivity contribution is 5.95. The van der Waals surface area contributed by atoms with Crippen LogP contribution in [0.4, 0.5) is 0 Å². The van der Waals surface area contributed by atoms with Crippen molar-refractivity contribution in [3.63, 3.8) is 0 Å². The molecule has 2 bridgehead atoms. The Morgan fingerprint density at radius 2 is 1.83 bits per heavy atom. The van der Waals surface area contributed by atoms with Gasteiger partial charge in [0.05, 0.1) is 0 Å². The van der Waals surface area contributed by atoms with E-state index in [1.807, 2.05) is 30.3 Å². The van der Waals surface area contributed by atoms with E-state index in [0.29, 0.717) is 12.2 Å². The van der Waals surface area contributed by atoms with E-state index in [9.17, 15) is 4.79 Å². The summed E-state index contributed by atoms with van der Waals surface area (Å²) in [6.07, 6.45) is 7.39. The highest BCUT2D eigenvalue weighted by Gasteiger charge is 2.36. The Hall–Kier alpha value is -1.19. The van der Waals surface area contributed by atoms with Crippen molar-refractivity contribution in [2.75, 3.05) is 32.7 Å². The number of nitrogens with zero attached hydrogens (tertiary/aromatic N) is 2. The molecule has 0 radical (unpaired) electrons. The van der Waals surface area contributed by atoms with E-state index in [2.05, 4.69) is 9.80 Å². The van der Waals surface area contributed by atoms with Crippen molar-refractivity contribution >= 4 is 5.78 Å². The van der Waals surface area contributed by atoms with Crippen LogP contribution in [0.25, 0.3) is 0 Å². The van der Waals surface area contributed by atoms with Gasteiger partial charge in [-0.1, -0.05) is 30.3 Å². The molecule has 3 saturated heterocycles. The van der Waals surface area contributed by atoms with Gasteiger partial charge in [-0.2, -0.15) is 0 Å². The number of hydrogen-bond donors (Lipinski definition) is 0. The topological polar surface area (TPSA) is 23.6 Å². The summed E-state index contributed by atoms with van der Waals surface area (Å²) in [5.41, 5.74) is 0.865. The monoisotopic (exact) mass is 326 g/mol. The molecule has 4 fully saturated rings. The number of ketones is 1. The Morgan fingerprint density at radius 3 is 2.62 bits per heavy atom. The lowest BCUT2D eigenvalue weighted by molar-refractivity contribution is 0.0973. The van der Waals surface area contributed by atoms with Gasteiger partial charge < -0.3 is 4.90 Å². The van der Waals surface area contributed by atoms with Crippen molar-refractivity contribution in [1.82, 2.24) is 9.80 Å². The van der Waals surface area contributed by atoms with E-state index >= 15 is 0 Å². The zero-order chi connectivity index (χ0) is 16.4. The van der Waals surface area contributed by atoms with Gasteiger partial charge in [0.15, 0.2) is 5.78 Å². The molecule has 0 aromatic heterocycles. The molecule has 0 amide bonds. The first kappa shape index (κ1) is 16.3. The molecule has 2 atom stereocenters. The number of hydrogen-bond acceptors (Lipinski definition) is 3. The molecule has 3 heterocycles. The summed E-state index contributed by atoms with van der Waals surface area (Å²) in [5, 5.41) is 0. The molecule has 0 spiro atoms. The molecule has 0 unspecified atom stereocenters. The molecule has 130 valence electrons. The largest absolute Gasteiger partial charge is 0.301 e. The Morgan fingerprint density at radius 1 is 1.00 bits per heavy atom. The number of rotatable bonds is 7. The van der Waals surface area contributed by atoms with Gasteiger partial charge in [0.25, 0.3) is 0 Å². The van der Waals surface area contributed by atoms with Crippen LogP contribution in [0.2, 0.25) is 0 Å². The number of piperidine rings is 1. The van der Waals surface area contributed by atoms with Crippen LogP contribution in [0.1, 0.15) is 48.9 Å². The van der Waals surface area contributed by atoms with Crippen LogP contribution in [-0.4, -0.2) is 54.3 Å². The Kier molecular flexibility index (Phi) is 5.00. The molecule has 5 rings (SSSR count). The average molecular weight is 326 g/mol. The normalized spacial score (nSPS) is 28.0. The molecule has 1 aliphatic carbocycles. The number of benzene rings is 1. The summed E-state index contributed by atoms with van der Waals surface area (Å²) in [7, 11) is 0. The SMILES string of the molecule is O=C(CCCN1C[C@@H]2CC[C@H](C1)N(CC1CC1)C2)c1ccccc1. The van der Waals surface area contributed by atoms with Crippen LogP contribution < -0.4 is 0 Å². The number of fused-ring (bicyclic) bond motifs is 4. The lowest BCUT2D eigenvalue weighted by atomic mass is 9.95. The second-order valence-corrected chi connectivity index (χ2v) is 8.15. The third kappa shape index (κ3) is 4.07. The van der Waals surface area contributed by atoms with Crippen molar-refractivity contribution in [3.05, 3.63) is 35.9 Å². The fraction of sp³-hybridized carbons (Fsp3) is 0.667. The van der Waals surface area contributed by atoms with Crippen molar-refractivity contribution < 1.29 is 4.79 Å². The van der Waals surface area contributed by atoms with Gasteiger partial charge in [0.1, 0.15) is 0 Å². The number of carbonyl (C=O) groups excluding carboxylic acids is 1. The first-order chi connectivity index (χ1) is 11.8. The molecule has 0 N–H and O–H groups in total. The lowest BCUT2D eigenvalue weighted by Gasteiger charge is -2.36. The van der Waals surface area contributed by atoms with Gasteiger partial charge in [-0.3, -0.25) is 9.69 Å². The van der Waals surface area contributed by atoms with Crippen molar-refractivity contribution in [2.24, 2.45) is 11.8 Å². The van der Waals surface area contributed by atoms with Crippen LogP contribution in [0.5, 0.6) is 0 Å². The van der Waals surface area contributed by atoms with Gasteiger partial charge in [0.2, 0.25) is 0 Å². The molecule has 3 aliphatic heterocycles. The second kappa shape index (κ2) is 7.37. The first-order valence-corrected chi connectivity index (χ1v) is 9.82. The Balaban J connectivity index is 1.26. The number of Topliss-reactive ketones (excluding diaryl/α,β-unsaturated/α-hetero) is 1. The first-order valence-electron chi connectivity index (χ1n) is 9.82. The fourth-order valence-electron chi connectivity index (χ4n) is 4.55. The van der Waals surface area contributed by atoms with Crippen molar-refractivity contribution in [2.45, 2.75) is 44.6 Å². The zero-order valence-corrected chi connectivity index (χ0v) is 14.7. The van der Waals surface area contributed by atoms with Crippen LogP contribution in [0.15, 0.2) is 30.3 Å². The summed E-state index contributed by atoms with van der Waals surface area (Å²) in [4.78, 5) is 17.7. The molecule has 1 saturated carbocycles. The Labute approximate surface area is 146 Å². The highest BCUT2D eigenvalue weighted by Crippen LogP contribution is 2.34. The molecular weight excluding hydrogens is 296 g/mol. The quantitative estimate of drug-likeness (QED) is 0.717. The van der Waals surface area contributed by atoms with Gasteiger partial charge in [0, 0.05) is 44.2 Å². The predicted octanol–water partition coefficient (Wildman–Crippen LogP) is 3.46. The Bertz CT molecular complexity index is 554. The maximum atomic E-state index is 12.2. The highest BCUT2D eigenvalue weighted by atomic mass is 16.1. The molecule has 4 aliphatic rings. The summed E-state index contributed by atoms with van der Waals surface area (Å²) in [5.74, 6) is 2.15. The van der Waals surface area contributed by atoms with Crippen molar-refractivity contribution in [3.8, 4) is 0 Å². The maximum Gasteiger partial charge on any atom is 0.162 e. The van der Waals surface area contributed by atoms with E-state index < -0.39 is 0 Å². The number of carbonyl (C=O) groups is 1. The minimum absolute atomic E-state index is 0.295. The van der Waals surface area contributed by atoms with Crippen molar-refractivity contribution in [1.29, 1.82) is 0 Å². The summed E-state index contributed by atoms with van der Waals surface area (Å²) < 4.78 is 0. The predicted molar refractivity (Wildman–Crippen MR) is 97.3 cm³/mol. The third-order valence-corrected chi connectivity index (χ3v) is 6.07. The van der Waals surface area contributed by atoms with E-state index in [0.717, 1.165) is 36.4 Å². The van der Waals surface area contributed by atoms with E-state index in [1.165, 1.54) is 51.9 Å². The average Bonchev–Trinajstić information content (AvgIpc) is 3.44. The third-order valence-electron chi connectivity index (χ3n) is 6.07. The molecular formula is C21H30N2O. The van der Waals surface area contributed by atoms with E-state index in [4.69, 9.17) is 0 Å². The smallest absolute Gasteiger partial charge is 0.162 e. The molecule has 1 aromatic rings. The molecule has 1 aromatic carbocycles. The summed E-state index contributed by atoms with van der Waals surface area (Å²) in [6, 6.07) is 10.5. The minimum Gasteiger partial charge on any atom is -0.301 e. The summed E-state index contributed by atoms with van der Waals surface area (Å²) >= 11 is 0. The van der Waals surface area contributed by atoms with Crippen LogP contribution in [0, 0.1) is 11.8 Å². The zero-order valence-electron chi connectivity index (χ0n) is 14.7. The molecule has 3 heteroatoms. The van der Waals surface area contributed by atoms with E-state index in [1.54, 1.807) is 0 Å². The van der Waals surface area contributed by atoms with Crippen LogP contribution in [0.3, 0.4) is 0 Å². The molecule has 3 nitrogen and oxygen atoms in total. The van der Waals surface area contributed by atoms with Gasteiger partial charge >= 0.3 is 0 Å². The van der Waals surface area contributed by atoms with Gasteiger partial charge in [-0.25, -0.2) is 0 Å². The fourth-order valence-corrected chi connectivity index (χ4v) is 4.55. The second-order valence-electron chi connectivity index (χ2n) is 8.15. The minimum atomic E-state index is 0.295. The molecule has 24 heavy (non-hydrogen) atoms. The standard InChI is InChI=1S/C21H30N2O/c24-21(19-5-2-1-3-6-19)7-4-12-22-13-18-10-11-20(16-22)23(15-18)14-17-8-9-17/h1-3,5-6,17-18,20H,4,7-16H2/t18-,20+/m0/s1. The lowest BCUT2D eigenvalue weighted by Crippen LogP contribution is -2.44. The van der Waals surface area contributed by atoms with E-state index in [-0.39, 0.29) is 0 Å². The van der Waals surface area contributed by atoms with Crippen LogP contribution >= 0.6 is 0 Å². The summed E-state index contributed by atoms with van der Waals surface area (Å²) in [6.45, 7) is 6.23.